The standard InChI is InChI=1S/C12H13FN2O3/c1-8(16)14-6-11-7-15(12(17)18-11)10-4-2-9(13)3-5-10/h2-5,11H,6-7H2,1H3,(H,14,16)/t11-/m0/s1. The lowest BCUT2D eigenvalue weighted by Crippen LogP contribution is -2.33. The van der Waals surface area contributed by atoms with Gasteiger partial charge in [0.1, 0.15) is 11.9 Å². The van der Waals surface area contributed by atoms with Crippen LogP contribution in [0.15, 0.2) is 24.3 Å². The summed E-state index contributed by atoms with van der Waals surface area (Å²) in [5.74, 6) is -0.535. The van der Waals surface area contributed by atoms with Gasteiger partial charge >= 0.3 is 6.09 Å². The lowest BCUT2D eigenvalue weighted by molar-refractivity contribution is -0.119. The lowest BCUT2D eigenvalue weighted by atomic mass is 10.2. The van der Waals surface area contributed by atoms with Crippen LogP contribution in [0.25, 0.3) is 0 Å². The van der Waals surface area contributed by atoms with Crippen LogP contribution in [0.1, 0.15) is 6.92 Å². The molecule has 1 saturated heterocycles. The van der Waals surface area contributed by atoms with E-state index in [0.29, 0.717) is 12.2 Å². The van der Waals surface area contributed by atoms with Crippen molar-refractivity contribution in [3.8, 4) is 0 Å². The van der Waals surface area contributed by atoms with E-state index in [1.165, 1.54) is 36.1 Å². The quantitative estimate of drug-likeness (QED) is 0.881. The fourth-order valence-electron chi connectivity index (χ4n) is 1.72. The monoisotopic (exact) mass is 252 g/mol. The van der Waals surface area contributed by atoms with Crippen LogP contribution in [0.4, 0.5) is 14.9 Å². The first-order valence-electron chi connectivity index (χ1n) is 5.54. The van der Waals surface area contributed by atoms with Crippen molar-refractivity contribution >= 4 is 17.7 Å². The van der Waals surface area contributed by atoms with Gasteiger partial charge in [-0.1, -0.05) is 0 Å². The van der Waals surface area contributed by atoms with Crippen molar-refractivity contribution in [3.05, 3.63) is 30.1 Å². The largest absolute Gasteiger partial charge is 0.442 e. The summed E-state index contributed by atoms with van der Waals surface area (Å²) in [4.78, 5) is 23.8. The number of hydrogen-bond acceptors (Lipinski definition) is 3. The fraction of sp³-hybridized carbons (Fsp3) is 0.333. The Balaban J connectivity index is 2.00. The summed E-state index contributed by atoms with van der Waals surface area (Å²) in [5, 5.41) is 2.59. The summed E-state index contributed by atoms with van der Waals surface area (Å²) in [6.07, 6.45) is -0.872. The third kappa shape index (κ3) is 2.77. The minimum atomic E-state index is -0.489. The summed E-state index contributed by atoms with van der Waals surface area (Å²) >= 11 is 0. The van der Waals surface area contributed by atoms with E-state index in [2.05, 4.69) is 5.32 Å². The molecule has 0 aliphatic carbocycles. The number of hydrogen-bond donors (Lipinski definition) is 1. The van der Waals surface area contributed by atoms with E-state index in [1.54, 1.807) is 0 Å². The molecule has 1 aliphatic rings. The summed E-state index contributed by atoms with van der Waals surface area (Å²) < 4.78 is 17.9. The number of ether oxygens (including phenoxy) is 1. The highest BCUT2D eigenvalue weighted by Crippen LogP contribution is 2.21. The molecule has 0 unspecified atom stereocenters. The van der Waals surface area contributed by atoms with Gasteiger partial charge in [-0.3, -0.25) is 9.69 Å². The molecule has 6 heteroatoms. The Hall–Kier alpha value is -2.11. The average molecular weight is 252 g/mol. The number of carbonyl (C=O) groups is 2. The molecule has 0 saturated carbocycles. The molecular formula is C12H13FN2O3. The SMILES string of the molecule is CC(=O)NC[C@H]1CN(c2ccc(F)cc2)C(=O)O1. The van der Waals surface area contributed by atoms with E-state index < -0.39 is 6.09 Å². The Morgan fingerprint density at radius 1 is 1.50 bits per heavy atom. The van der Waals surface area contributed by atoms with Gasteiger partial charge in [-0.25, -0.2) is 9.18 Å². The molecule has 1 aromatic rings. The van der Waals surface area contributed by atoms with Gasteiger partial charge in [0.2, 0.25) is 5.91 Å². The second-order valence-corrected chi connectivity index (χ2v) is 4.03. The van der Waals surface area contributed by atoms with Crippen LogP contribution in [-0.4, -0.2) is 31.2 Å². The highest BCUT2D eigenvalue weighted by atomic mass is 19.1. The summed E-state index contributed by atoms with van der Waals surface area (Å²) in [7, 11) is 0. The Bertz CT molecular complexity index is 461. The normalized spacial score (nSPS) is 18.7. The molecule has 18 heavy (non-hydrogen) atoms. The predicted molar refractivity (Wildman–Crippen MR) is 62.7 cm³/mol. The number of benzene rings is 1. The molecule has 1 N–H and O–H groups in total. The number of rotatable bonds is 3. The van der Waals surface area contributed by atoms with E-state index in [0.717, 1.165) is 0 Å². The predicted octanol–water partition coefficient (Wildman–Crippen LogP) is 1.29. The van der Waals surface area contributed by atoms with Crippen LogP contribution in [0, 0.1) is 5.82 Å². The van der Waals surface area contributed by atoms with Gasteiger partial charge in [-0.05, 0) is 24.3 Å². The molecule has 1 fully saturated rings. The minimum absolute atomic E-state index is 0.175. The number of nitrogens with zero attached hydrogens (tertiary/aromatic N) is 1. The first-order valence-corrected chi connectivity index (χ1v) is 5.54. The molecule has 0 radical (unpaired) electrons. The van der Waals surface area contributed by atoms with Crippen LogP contribution < -0.4 is 10.2 Å². The maximum atomic E-state index is 12.8. The Morgan fingerprint density at radius 3 is 2.78 bits per heavy atom. The molecule has 2 amide bonds. The number of cyclic esters (lactones) is 1. The summed E-state index contributed by atoms with van der Waals surface area (Å²) in [6, 6.07) is 5.59. The van der Waals surface area contributed by atoms with Crippen molar-refractivity contribution < 1.29 is 18.7 Å². The number of halogens is 1. The molecule has 1 atom stereocenters. The third-order valence-electron chi connectivity index (χ3n) is 2.59. The Morgan fingerprint density at radius 2 is 2.17 bits per heavy atom. The van der Waals surface area contributed by atoms with Gasteiger partial charge in [-0.15, -0.1) is 0 Å². The molecule has 1 aromatic carbocycles. The maximum Gasteiger partial charge on any atom is 0.414 e. The van der Waals surface area contributed by atoms with Crippen molar-refractivity contribution in [2.24, 2.45) is 0 Å². The van der Waals surface area contributed by atoms with Crippen LogP contribution in [-0.2, 0) is 9.53 Å². The topological polar surface area (TPSA) is 58.6 Å². The van der Waals surface area contributed by atoms with Gasteiger partial charge in [0, 0.05) is 12.6 Å². The van der Waals surface area contributed by atoms with Gasteiger partial charge < -0.3 is 10.1 Å². The van der Waals surface area contributed by atoms with Crippen molar-refractivity contribution in [3.63, 3.8) is 0 Å². The van der Waals surface area contributed by atoms with E-state index in [1.807, 2.05) is 0 Å². The second kappa shape index (κ2) is 5.03. The molecule has 1 aliphatic heterocycles. The first-order chi connectivity index (χ1) is 8.56. The Kier molecular flexibility index (Phi) is 3.45. The van der Waals surface area contributed by atoms with Crippen molar-refractivity contribution in [2.45, 2.75) is 13.0 Å². The Labute approximate surface area is 104 Å². The highest BCUT2D eigenvalue weighted by Gasteiger charge is 2.32. The van der Waals surface area contributed by atoms with Crippen LogP contribution in [0.5, 0.6) is 0 Å². The smallest absolute Gasteiger partial charge is 0.414 e. The van der Waals surface area contributed by atoms with Crippen molar-refractivity contribution in [2.75, 3.05) is 18.0 Å². The number of anilines is 1. The van der Waals surface area contributed by atoms with Crippen LogP contribution in [0.3, 0.4) is 0 Å². The van der Waals surface area contributed by atoms with E-state index >= 15 is 0 Å². The number of amides is 2. The first kappa shape index (κ1) is 12.3. The summed E-state index contributed by atoms with van der Waals surface area (Å²) in [5.41, 5.74) is 0.576. The molecule has 0 spiro atoms. The number of carbonyl (C=O) groups excluding carboxylic acids is 2. The third-order valence-corrected chi connectivity index (χ3v) is 2.59. The zero-order valence-corrected chi connectivity index (χ0v) is 9.85. The molecule has 96 valence electrons. The zero-order valence-electron chi connectivity index (χ0n) is 9.85. The molecule has 0 bridgehead atoms. The van der Waals surface area contributed by atoms with E-state index in [9.17, 15) is 14.0 Å². The zero-order chi connectivity index (χ0) is 13.1. The average Bonchev–Trinajstić information content (AvgIpc) is 2.69. The fourth-order valence-corrected chi connectivity index (χ4v) is 1.72. The number of nitrogens with one attached hydrogen (secondary N) is 1. The van der Waals surface area contributed by atoms with Gasteiger partial charge in [0.25, 0.3) is 0 Å². The molecule has 2 rings (SSSR count). The highest BCUT2D eigenvalue weighted by molar-refractivity contribution is 5.89. The summed E-state index contributed by atoms with van der Waals surface area (Å²) in [6.45, 7) is 2.01. The molecule has 5 nitrogen and oxygen atoms in total. The van der Waals surface area contributed by atoms with Crippen LogP contribution in [0.2, 0.25) is 0 Å². The van der Waals surface area contributed by atoms with Gasteiger partial charge in [0.15, 0.2) is 0 Å². The van der Waals surface area contributed by atoms with E-state index in [-0.39, 0.29) is 24.4 Å². The van der Waals surface area contributed by atoms with Crippen molar-refractivity contribution in [1.29, 1.82) is 0 Å². The molecule has 0 aromatic heterocycles. The van der Waals surface area contributed by atoms with Crippen LogP contribution >= 0.6 is 0 Å². The molecular weight excluding hydrogens is 239 g/mol. The van der Waals surface area contributed by atoms with E-state index in [4.69, 9.17) is 4.74 Å². The maximum absolute atomic E-state index is 12.8. The van der Waals surface area contributed by atoms with Crippen molar-refractivity contribution in [1.82, 2.24) is 5.32 Å². The minimum Gasteiger partial charge on any atom is -0.442 e. The second-order valence-electron chi connectivity index (χ2n) is 4.03. The van der Waals surface area contributed by atoms with Gasteiger partial charge in [0.05, 0.1) is 13.1 Å². The molecule has 1 heterocycles. The van der Waals surface area contributed by atoms with Gasteiger partial charge in [-0.2, -0.15) is 0 Å². The lowest BCUT2D eigenvalue weighted by Gasteiger charge is -2.12.